The third-order valence-corrected chi connectivity index (χ3v) is 3.18. The molecule has 1 aromatic rings. The van der Waals surface area contributed by atoms with Gasteiger partial charge < -0.3 is 10.1 Å². The van der Waals surface area contributed by atoms with Crippen LogP contribution in [-0.2, 0) is 4.74 Å². The van der Waals surface area contributed by atoms with Crippen LogP contribution in [0.15, 0.2) is 24.3 Å². The average molecular weight is 235 g/mol. The van der Waals surface area contributed by atoms with E-state index in [1.54, 1.807) is 6.07 Å². The van der Waals surface area contributed by atoms with E-state index in [-0.39, 0.29) is 5.97 Å². The second-order valence-electron chi connectivity index (χ2n) is 4.39. The molecule has 1 rings (SSSR count). The molecule has 0 spiro atoms. The molecule has 0 saturated carbocycles. The highest BCUT2D eigenvalue weighted by atomic mass is 16.5. The maximum absolute atomic E-state index is 11.4. The zero-order valence-electron chi connectivity index (χ0n) is 11.0. The fourth-order valence-electron chi connectivity index (χ4n) is 1.61. The number of carbonyl (C=O) groups is 1. The Balaban J connectivity index is 2.75. The fraction of sp³-hybridized carbons (Fsp3) is 0.500. The first-order chi connectivity index (χ1) is 8.08. The lowest BCUT2D eigenvalue weighted by Crippen LogP contribution is -2.23. The number of esters is 1. The molecular formula is C14H21NO2. The predicted molar refractivity (Wildman–Crippen MR) is 70.3 cm³/mol. The summed E-state index contributed by atoms with van der Waals surface area (Å²) >= 11 is 0. The molecule has 2 unspecified atom stereocenters. The molecule has 0 saturated heterocycles. The number of rotatable bonds is 5. The maximum Gasteiger partial charge on any atom is 0.337 e. The Morgan fingerprint density at radius 1 is 1.41 bits per heavy atom. The zero-order valence-corrected chi connectivity index (χ0v) is 11.0. The van der Waals surface area contributed by atoms with Gasteiger partial charge in [-0.2, -0.15) is 0 Å². The van der Waals surface area contributed by atoms with Crippen LogP contribution in [-0.4, -0.2) is 19.1 Å². The maximum atomic E-state index is 11.4. The van der Waals surface area contributed by atoms with E-state index in [2.05, 4.69) is 26.1 Å². The summed E-state index contributed by atoms with van der Waals surface area (Å²) in [5.41, 5.74) is 1.54. The topological polar surface area (TPSA) is 38.3 Å². The van der Waals surface area contributed by atoms with Crippen LogP contribution in [0.1, 0.15) is 37.6 Å². The molecule has 3 heteroatoms. The summed E-state index contributed by atoms with van der Waals surface area (Å²) in [6.07, 6.45) is 1.13. The monoisotopic (exact) mass is 235 g/mol. The molecule has 0 aliphatic heterocycles. The van der Waals surface area contributed by atoms with Crippen LogP contribution in [0.25, 0.3) is 0 Å². The second-order valence-corrected chi connectivity index (χ2v) is 4.39. The van der Waals surface area contributed by atoms with Gasteiger partial charge in [0.1, 0.15) is 0 Å². The van der Waals surface area contributed by atoms with E-state index in [0.29, 0.717) is 17.5 Å². The van der Waals surface area contributed by atoms with Crippen LogP contribution in [0.3, 0.4) is 0 Å². The van der Waals surface area contributed by atoms with E-state index in [1.165, 1.54) is 7.11 Å². The highest BCUT2D eigenvalue weighted by Gasteiger charge is 2.11. The third-order valence-electron chi connectivity index (χ3n) is 3.18. The third kappa shape index (κ3) is 3.77. The lowest BCUT2D eigenvalue weighted by atomic mass is 10.0. The van der Waals surface area contributed by atoms with Crippen LogP contribution in [0.4, 0.5) is 5.69 Å². The van der Waals surface area contributed by atoms with E-state index >= 15 is 0 Å². The van der Waals surface area contributed by atoms with E-state index in [4.69, 9.17) is 4.74 Å². The lowest BCUT2D eigenvalue weighted by Gasteiger charge is -2.21. The molecule has 0 aliphatic rings. The minimum Gasteiger partial charge on any atom is -0.465 e. The summed E-state index contributed by atoms with van der Waals surface area (Å²) in [7, 11) is 1.39. The van der Waals surface area contributed by atoms with Crippen LogP contribution in [0.5, 0.6) is 0 Å². The minimum absolute atomic E-state index is 0.301. The van der Waals surface area contributed by atoms with Crippen molar-refractivity contribution in [2.45, 2.75) is 33.2 Å². The number of nitrogens with one attached hydrogen (secondary N) is 1. The SMILES string of the molecule is CCC(C)C(C)Nc1cccc(C(=O)OC)c1. The van der Waals surface area contributed by atoms with Gasteiger partial charge in [0, 0.05) is 11.7 Å². The zero-order chi connectivity index (χ0) is 12.8. The van der Waals surface area contributed by atoms with Crippen molar-refractivity contribution in [1.82, 2.24) is 0 Å². The normalized spacial score (nSPS) is 13.9. The van der Waals surface area contributed by atoms with Gasteiger partial charge >= 0.3 is 5.97 Å². The van der Waals surface area contributed by atoms with Gasteiger partial charge in [-0.1, -0.05) is 26.3 Å². The molecule has 0 radical (unpaired) electrons. The number of ether oxygens (including phenoxy) is 1. The van der Waals surface area contributed by atoms with E-state index in [0.717, 1.165) is 12.1 Å². The van der Waals surface area contributed by atoms with Gasteiger partial charge in [-0.25, -0.2) is 4.79 Å². The first-order valence-electron chi connectivity index (χ1n) is 6.03. The van der Waals surface area contributed by atoms with Crippen LogP contribution >= 0.6 is 0 Å². The van der Waals surface area contributed by atoms with Crippen molar-refractivity contribution in [3.8, 4) is 0 Å². The number of carbonyl (C=O) groups excluding carboxylic acids is 1. The van der Waals surface area contributed by atoms with Crippen LogP contribution in [0, 0.1) is 5.92 Å². The number of methoxy groups -OCH3 is 1. The summed E-state index contributed by atoms with van der Waals surface area (Å²) in [6, 6.07) is 7.78. The predicted octanol–water partition coefficient (Wildman–Crippen LogP) is 3.32. The van der Waals surface area contributed by atoms with Crippen LogP contribution < -0.4 is 5.32 Å². The quantitative estimate of drug-likeness (QED) is 0.796. The second kappa shape index (κ2) is 6.28. The molecule has 94 valence electrons. The lowest BCUT2D eigenvalue weighted by molar-refractivity contribution is 0.0601. The molecule has 0 bridgehead atoms. The summed E-state index contributed by atoms with van der Waals surface area (Å²) in [5.74, 6) is 0.293. The molecule has 0 amide bonds. The Bertz CT molecular complexity index is 376. The molecule has 1 N–H and O–H groups in total. The first kappa shape index (κ1) is 13.6. The molecule has 0 fully saturated rings. The molecule has 0 heterocycles. The number of hydrogen-bond acceptors (Lipinski definition) is 3. The number of hydrogen-bond donors (Lipinski definition) is 1. The van der Waals surface area contributed by atoms with Crippen molar-refractivity contribution in [3.63, 3.8) is 0 Å². The van der Waals surface area contributed by atoms with Crippen LogP contribution in [0.2, 0.25) is 0 Å². The minimum atomic E-state index is -0.301. The summed E-state index contributed by atoms with van der Waals surface area (Å²) in [6.45, 7) is 6.54. The highest BCUT2D eigenvalue weighted by molar-refractivity contribution is 5.90. The van der Waals surface area contributed by atoms with E-state index in [1.807, 2.05) is 18.2 Å². The molecule has 0 aliphatic carbocycles. The van der Waals surface area contributed by atoms with Crippen molar-refractivity contribution in [3.05, 3.63) is 29.8 Å². The van der Waals surface area contributed by atoms with Gasteiger partial charge in [0.05, 0.1) is 12.7 Å². The smallest absolute Gasteiger partial charge is 0.337 e. The molecule has 2 atom stereocenters. The molecule has 0 aromatic heterocycles. The van der Waals surface area contributed by atoms with E-state index in [9.17, 15) is 4.79 Å². The number of benzene rings is 1. The Hall–Kier alpha value is -1.51. The highest BCUT2D eigenvalue weighted by Crippen LogP contribution is 2.16. The van der Waals surface area contributed by atoms with Gasteiger partial charge in [-0.15, -0.1) is 0 Å². The van der Waals surface area contributed by atoms with Gasteiger partial charge in [0.2, 0.25) is 0 Å². The van der Waals surface area contributed by atoms with Gasteiger partial charge in [0.15, 0.2) is 0 Å². The van der Waals surface area contributed by atoms with Gasteiger partial charge in [-0.3, -0.25) is 0 Å². The number of anilines is 1. The Morgan fingerprint density at radius 2 is 2.12 bits per heavy atom. The summed E-state index contributed by atoms with van der Waals surface area (Å²) in [5, 5.41) is 3.40. The standard InChI is InChI=1S/C14H21NO2/c1-5-10(2)11(3)15-13-8-6-7-12(9-13)14(16)17-4/h6-11,15H,5H2,1-4H3. The van der Waals surface area contributed by atoms with Crippen molar-refractivity contribution in [2.75, 3.05) is 12.4 Å². The van der Waals surface area contributed by atoms with Gasteiger partial charge in [-0.05, 0) is 31.0 Å². The van der Waals surface area contributed by atoms with Gasteiger partial charge in [0.25, 0.3) is 0 Å². The van der Waals surface area contributed by atoms with Crippen molar-refractivity contribution in [2.24, 2.45) is 5.92 Å². The average Bonchev–Trinajstić information content (AvgIpc) is 2.37. The Morgan fingerprint density at radius 3 is 2.71 bits per heavy atom. The molecule has 3 nitrogen and oxygen atoms in total. The van der Waals surface area contributed by atoms with E-state index < -0.39 is 0 Å². The van der Waals surface area contributed by atoms with Crippen molar-refractivity contribution in [1.29, 1.82) is 0 Å². The molecule has 17 heavy (non-hydrogen) atoms. The molecular weight excluding hydrogens is 214 g/mol. The van der Waals surface area contributed by atoms with Crippen molar-refractivity contribution >= 4 is 11.7 Å². The summed E-state index contributed by atoms with van der Waals surface area (Å²) < 4.78 is 4.70. The Kier molecular flexibility index (Phi) is 5.01. The fourth-order valence-corrected chi connectivity index (χ4v) is 1.61. The van der Waals surface area contributed by atoms with Crippen molar-refractivity contribution < 1.29 is 9.53 Å². The summed E-state index contributed by atoms with van der Waals surface area (Å²) in [4.78, 5) is 11.4. The Labute approximate surface area is 103 Å². The largest absolute Gasteiger partial charge is 0.465 e. The molecule has 1 aromatic carbocycles. The first-order valence-corrected chi connectivity index (χ1v) is 6.03.